The van der Waals surface area contributed by atoms with Crippen molar-refractivity contribution in [3.8, 4) is 17.2 Å². The van der Waals surface area contributed by atoms with Gasteiger partial charge in [0, 0.05) is 0 Å². The zero-order chi connectivity index (χ0) is 36.8. The fourth-order valence-electron chi connectivity index (χ4n) is 5.24. The van der Waals surface area contributed by atoms with E-state index in [1.54, 1.807) is 57.2 Å². The summed E-state index contributed by atoms with van der Waals surface area (Å²) in [6.07, 6.45) is 1.78. The van der Waals surface area contributed by atoms with Crippen LogP contribution in [0.15, 0.2) is 75.7 Å². The van der Waals surface area contributed by atoms with Gasteiger partial charge in [-0.15, -0.1) is 0 Å². The van der Waals surface area contributed by atoms with Crippen molar-refractivity contribution in [2.45, 2.75) is 33.4 Å². The zero-order valence-corrected chi connectivity index (χ0v) is 33.0. The summed E-state index contributed by atoms with van der Waals surface area (Å²) in [5.74, 6) is -0.871. The van der Waals surface area contributed by atoms with Crippen LogP contribution in [0.5, 0.6) is 17.2 Å². The van der Waals surface area contributed by atoms with Crippen molar-refractivity contribution in [3.05, 3.63) is 115 Å². The maximum Gasteiger partial charge on any atom is 0.343 e. The lowest BCUT2D eigenvalue weighted by Gasteiger charge is -2.25. The minimum atomic E-state index is -0.992. The topological polar surface area (TPSA) is 152 Å². The van der Waals surface area contributed by atoms with Crippen LogP contribution in [0.25, 0.3) is 6.08 Å². The van der Waals surface area contributed by atoms with E-state index < -0.39 is 23.9 Å². The molecule has 1 N–H and O–H groups in total. The van der Waals surface area contributed by atoms with Crippen LogP contribution in [0.1, 0.15) is 53.9 Å². The van der Waals surface area contributed by atoms with Crippen molar-refractivity contribution in [2.24, 2.45) is 4.99 Å². The number of methoxy groups -OCH3 is 1. The van der Waals surface area contributed by atoms with E-state index in [-0.39, 0.29) is 36.5 Å². The van der Waals surface area contributed by atoms with Gasteiger partial charge >= 0.3 is 17.9 Å². The number of hydrogen-bond acceptors (Lipinski definition) is 11. The Morgan fingerprint density at radius 2 is 1.67 bits per heavy atom. The second-order valence-electron chi connectivity index (χ2n) is 10.9. The van der Waals surface area contributed by atoms with Gasteiger partial charge in [-0.05, 0) is 125 Å². The number of carboxylic acids is 1. The summed E-state index contributed by atoms with van der Waals surface area (Å²) in [6, 6.07) is 14.4. The summed E-state index contributed by atoms with van der Waals surface area (Å²) in [7, 11) is 1.26. The summed E-state index contributed by atoms with van der Waals surface area (Å²) in [5.41, 5.74) is 2.61. The molecule has 3 aromatic carbocycles. The van der Waals surface area contributed by atoms with E-state index in [1.165, 1.54) is 35.1 Å². The van der Waals surface area contributed by atoms with Crippen LogP contribution in [0.2, 0.25) is 0 Å². The minimum absolute atomic E-state index is 0.130. The molecule has 12 nitrogen and oxygen atoms in total. The Hall–Kier alpha value is -4.23. The van der Waals surface area contributed by atoms with Gasteiger partial charge in [-0.2, -0.15) is 0 Å². The number of carboxylic acid groups (broad SMARTS) is 1. The van der Waals surface area contributed by atoms with E-state index in [2.05, 4.69) is 54.9 Å². The molecule has 51 heavy (non-hydrogen) atoms. The van der Waals surface area contributed by atoms with E-state index in [4.69, 9.17) is 24.1 Å². The molecule has 0 saturated carbocycles. The number of rotatable bonds is 13. The first-order chi connectivity index (χ1) is 24.4. The maximum absolute atomic E-state index is 14.2. The van der Waals surface area contributed by atoms with Crippen molar-refractivity contribution in [1.82, 2.24) is 4.57 Å². The number of allylic oxidation sites excluding steroid dienone is 1. The van der Waals surface area contributed by atoms with E-state index in [9.17, 15) is 19.2 Å². The average Bonchev–Trinajstić information content (AvgIpc) is 3.40. The second kappa shape index (κ2) is 16.9. The Morgan fingerprint density at radius 3 is 2.29 bits per heavy atom. The predicted octanol–water partition coefficient (Wildman–Crippen LogP) is 5.24. The van der Waals surface area contributed by atoms with Crippen LogP contribution in [-0.4, -0.2) is 54.5 Å². The molecule has 0 radical (unpaired) electrons. The average molecular weight is 939 g/mol. The van der Waals surface area contributed by atoms with Crippen molar-refractivity contribution in [2.75, 3.05) is 26.9 Å². The largest absolute Gasteiger partial charge is 0.490 e. The van der Waals surface area contributed by atoms with Crippen molar-refractivity contribution in [1.29, 1.82) is 0 Å². The molecule has 0 saturated heterocycles. The Kier molecular flexibility index (Phi) is 12.6. The third-order valence-electron chi connectivity index (χ3n) is 7.58. The van der Waals surface area contributed by atoms with Crippen molar-refractivity contribution in [3.63, 3.8) is 0 Å². The molecule has 1 aromatic heterocycles. The fraction of sp³-hybridized carbons (Fsp3) is 0.250. The lowest BCUT2D eigenvalue weighted by molar-refractivity contribution is -0.143. The molecule has 1 aliphatic heterocycles. The summed E-state index contributed by atoms with van der Waals surface area (Å²) >= 11 is 5.56. The molecule has 15 heteroatoms. The lowest BCUT2D eigenvalue weighted by Crippen LogP contribution is -2.40. The van der Waals surface area contributed by atoms with Gasteiger partial charge in [0.2, 0.25) is 0 Å². The third-order valence-corrected chi connectivity index (χ3v) is 10.2. The Bertz CT molecular complexity index is 2190. The number of carbonyl (C=O) groups excluding carboxylic acids is 2. The van der Waals surface area contributed by atoms with Crippen LogP contribution in [0.4, 0.5) is 0 Å². The molecule has 0 aliphatic carbocycles. The van der Waals surface area contributed by atoms with E-state index >= 15 is 0 Å². The van der Waals surface area contributed by atoms with Crippen molar-refractivity contribution >= 4 is 80.5 Å². The summed E-state index contributed by atoms with van der Waals surface area (Å²) < 4.78 is 31.2. The van der Waals surface area contributed by atoms with Crippen LogP contribution < -0.4 is 29.1 Å². The van der Waals surface area contributed by atoms with Gasteiger partial charge < -0.3 is 28.8 Å². The number of ether oxygens (including phenoxy) is 5. The first-order valence-corrected chi connectivity index (χ1v) is 18.5. The highest BCUT2D eigenvalue weighted by molar-refractivity contribution is 14.1. The molecule has 0 spiro atoms. The van der Waals surface area contributed by atoms with Crippen LogP contribution in [-0.2, 0) is 25.7 Å². The molecular formula is C36H32I2N2O10S. The Balaban J connectivity index is 1.54. The molecular weight excluding hydrogens is 906 g/mol. The highest BCUT2D eigenvalue weighted by Crippen LogP contribution is 2.36. The van der Waals surface area contributed by atoms with Crippen LogP contribution >= 0.6 is 56.5 Å². The van der Waals surface area contributed by atoms with E-state index in [0.717, 1.165) is 18.3 Å². The molecule has 1 atom stereocenters. The number of aromatic nitrogens is 1. The number of nitrogens with zero attached hydrogens (tertiary/aromatic N) is 2. The normalized spacial score (nSPS) is 14.0. The lowest BCUT2D eigenvalue weighted by atomic mass is 9.95. The van der Waals surface area contributed by atoms with Gasteiger partial charge in [0.05, 0.1) is 54.9 Å². The van der Waals surface area contributed by atoms with Gasteiger partial charge in [-0.3, -0.25) is 9.36 Å². The number of carbonyl (C=O) groups is 3. The quantitative estimate of drug-likeness (QED) is 0.139. The van der Waals surface area contributed by atoms with Crippen LogP contribution in [0, 0.1) is 7.14 Å². The highest BCUT2D eigenvalue weighted by atomic mass is 127. The summed E-state index contributed by atoms with van der Waals surface area (Å²) in [5, 5.41) is 9.15. The van der Waals surface area contributed by atoms with Gasteiger partial charge in [0.25, 0.3) is 5.56 Å². The summed E-state index contributed by atoms with van der Waals surface area (Å²) in [4.78, 5) is 55.6. The summed E-state index contributed by atoms with van der Waals surface area (Å²) in [6.45, 7) is 5.55. The van der Waals surface area contributed by atoms with Gasteiger partial charge in [-0.25, -0.2) is 19.4 Å². The number of benzene rings is 3. The number of fused-ring (bicyclic) bond motifs is 1. The van der Waals surface area contributed by atoms with E-state index in [1.807, 2.05) is 12.1 Å². The smallest absolute Gasteiger partial charge is 0.343 e. The second-order valence-corrected chi connectivity index (χ2v) is 14.2. The van der Waals surface area contributed by atoms with E-state index in [0.29, 0.717) is 44.4 Å². The number of thiazole rings is 1. The zero-order valence-electron chi connectivity index (χ0n) is 27.9. The van der Waals surface area contributed by atoms with Gasteiger partial charge in [-0.1, -0.05) is 29.5 Å². The van der Waals surface area contributed by atoms with Gasteiger partial charge in [0.1, 0.15) is 12.4 Å². The molecule has 1 aliphatic rings. The Morgan fingerprint density at radius 1 is 0.961 bits per heavy atom. The van der Waals surface area contributed by atoms with Gasteiger partial charge in [0.15, 0.2) is 22.9 Å². The highest BCUT2D eigenvalue weighted by Gasteiger charge is 2.34. The maximum atomic E-state index is 14.2. The first-order valence-electron chi connectivity index (χ1n) is 15.6. The Labute approximate surface area is 323 Å². The molecule has 0 amide bonds. The predicted molar refractivity (Wildman–Crippen MR) is 205 cm³/mol. The first kappa shape index (κ1) is 38.0. The number of halogens is 2. The van der Waals surface area contributed by atoms with Crippen molar-refractivity contribution < 1.29 is 43.2 Å². The fourth-order valence-corrected chi connectivity index (χ4v) is 8.41. The molecule has 0 fully saturated rings. The SMILES string of the molecule is CCOC(=O)C1=C(C)N=c2s/c(=C\c3cc(I)c(OCc4ccc(C(=O)O)cc4)c(I)c3)c(=O)n2[C@H]1c1ccc(OCC(=O)OC)c(OCC)c1. The minimum Gasteiger partial charge on any atom is -0.490 e. The third kappa shape index (κ3) is 8.64. The number of aromatic carboxylic acids is 1. The molecule has 4 aromatic rings. The molecule has 266 valence electrons. The number of esters is 2. The molecule has 0 unspecified atom stereocenters. The number of hydrogen-bond donors (Lipinski definition) is 1. The molecule has 0 bridgehead atoms. The van der Waals surface area contributed by atoms with Crippen LogP contribution in [0.3, 0.4) is 0 Å². The molecule has 5 rings (SSSR count). The monoisotopic (exact) mass is 938 g/mol. The molecule has 2 heterocycles. The standard InChI is InChI=1S/C36H32I2N2O10S/c1-5-47-27-16-23(11-12-26(27)49-18-29(41)46-4)31-30(35(45)48-6-2)19(3)39-36-40(31)33(42)28(51-36)15-21-13-24(37)32(25(38)14-21)50-17-20-7-9-22(10-8-20)34(43)44/h7-16,31H,5-6,17-18H2,1-4H3,(H,43,44)/b28-15-/t31-/m0/s1.